The molecule has 1 amide bonds. The molecule has 4 rings (SSSR count). The van der Waals surface area contributed by atoms with Gasteiger partial charge in [0.1, 0.15) is 5.82 Å². The molecule has 28 heavy (non-hydrogen) atoms. The molecule has 0 saturated carbocycles. The Morgan fingerprint density at radius 2 is 1.93 bits per heavy atom. The summed E-state index contributed by atoms with van der Waals surface area (Å²) in [5, 5.41) is 9.39. The maximum Gasteiger partial charge on any atom is 0.254 e. The number of amides is 1. The molecular weight excluding hydrogens is 357 g/mol. The first-order chi connectivity index (χ1) is 13.5. The second-order valence-corrected chi connectivity index (χ2v) is 7.13. The minimum atomic E-state index is -1.09. The molecule has 5 nitrogen and oxygen atoms in total. The van der Waals surface area contributed by atoms with Gasteiger partial charge in [-0.05, 0) is 37.0 Å². The summed E-state index contributed by atoms with van der Waals surface area (Å²) in [5.41, 5.74) is 4.94. The van der Waals surface area contributed by atoms with Gasteiger partial charge < -0.3 is 0 Å². The number of nitrogens with one attached hydrogen (secondary N) is 1. The number of carbonyl (C=O) groups is 1. The fraction of sp³-hybridized carbons (Fsp3) is 0.227. The van der Waals surface area contributed by atoms with E-state index in [1.807, 2.05) is 30.3 Å². The van der Waals surface area contributed by atoms with Crippen LogP contribution in [0.1, 0.15) is 28.9 Å². The first-order valence-corrected chi connectivity index (χ1v) is 9.15. The molecule has 3 aromatic rings. The van der Waals surface area contributed by atoms with Crippen LogP contribution in [-0.2, 0) is 23.1 Å². The lowest BCUT2D eigenvalue weighted by Crippen LogP contribution is -2.48. The van der Waals surface area contributed by atoms with Gasteiger partial charge in [0.05, 0.1) is 28.7 Å². The van der Waals surface area contributed by atoms with Crippen LogP contribution in [0.25, 0.3) is 11.3 Å². The Morgan fingerprint density at radius 3 is 2.68 bits per heavy atom. The molecule has 0 radical (unpaired) electrons. The molecule has 1 atom stereocenters. The zero-order chi connectivity index (χ0) is 19.7. The van der Waals surface area contributed by atoms with E-state index < -0.39 is 11.3 Å². The number of hydrogen-bond acceptors (Lipinski definition) is 4. The first kappa shape index (κ1) is 18.3. The molecule has 0 spiro atoms. The molecule has 1 aliphatic carbocycles. The number of rotatable bonds is 3. The number of halogens is 1. The Labute approximate surface area is 162 Å². The second kappa shape index (κ2) is 7.13. The topological polar surface area (TPSA) is 75.1 Å². The smallest absolute Gasteiger partial charge is 0.254 e. The molecule has 2 N–H and O–H groups in total. The molecule has 0 aliphatic heterocycles. The molecule has 0 saturated heterocycles. The van der Waals surface area contributed by atoms with E-state index >= 15 is 0 Å². The maximum absolute atomic E-state index is 14.2. The van der Waals surface area contributed by atoms with Crippen LogP contribution in [-0.4, -0.2) is 21.1 Å². The average molecular weight is 377 g/mol. The van der Waals surface area contributed by atoms with E-state index in [9.17, 15) is 14.4 Å². The summed E-state index contributed by atoms with van der Waals surface area (Å²) in [6, 6.07) is 14.5. The van der Waals surface area contributed by atoms with Crippen molar-refractivity contribution in [2.75, 3.05) is 0 Å². The average Bonchev–Trinajstić information content (AvgIpc) is 2.75. The van der Waals surface area contributed by atoms with Crippen molar-refractivity contribution in [3.05, 3.63) is 83.1 Å². The molecule has 142 valence electrons. The number of fused-ring (bicyclic) bond motifs is 1. The minimum Gasteiger partial charge on any atom is -0.289 e. The number of aromatic nitrogens is 2. The third kappa shape index (κ3) is 2.96. The highest BCUT2D eigenvalue weighted by Crippen LogP contribution is 2.40. The van der Waals surface area contributed by atoms with Crippen molar-refractivity contribution in [2.24, 2.45) is 0 Å². The van der Waals surface area contributed by atoms with Gasteiger partial charge in [-0.3, -0.25) is 15.0 Å². The van der Waals surface area contributed by atoms with Gasteiger partial charge in [-0.1, -0.05) is 42.5 Å². The number of aryl methyl sites for hydroxylation is 1. The summed E-state index contributed by atoms with van der Waals surface area (Å²) in [5.74, 6) is -0.931. The molecule has 0 bridgehead atoms. The Morgan fingerprint density at radius 1 is 1.14 bits per heavy atom. The normalized spacial score (nSPS) is 18.4. The number of benzene rings is 2. The SMILES string of the molecule is Cc1c(F)cccc1C1(C(=O)NO)CCc2nc(-c3ccccc3)cnc2C1. The van der Waals surface area contributed by atoms with Crippen molar-refractivity contribution >= 4 is 5.91 Å². The van der Waals surface area contributed by atoms with Crippen molar-refractivity contribution in [1.29, 1.82) is 0 Å². The Balaban J connectivity index is 1.78. The van der Waals surface area contributed by atoms with Crippen LogP contribution < -0.4 is 5.48 Å². The van der Waals surface area contributed by atoms with Gasteiger partial charge in [-0.15, -0.1) is 0 Å². The third-order valence-electron chi connectivity index (χ3n) is 5.58. The standard InChI is InChI=1S/C22H20FN3O2/c1-14-16(8-5-9-17(14)23)22(21(27)26-28)11-10-18-19(12-22)24-13-20(25-18)15-6-3-2-4-7-15/h2-9,13,28H,10-12H2,1H3,(H,26,27). The summed E-state index contributed by atoms with van der Waals surface area (Å²) in [4.78, 5) is 22.0. The van der Waals surface area contributed by atoms with Crippen molar-refractivity contribution in [3.63, 3.8) is 0 Å². The zero-order valence-electron chi connectivity index (χ0n) is 15.4. The fourth-order valence-corrected chi connectivity index (χ4v) is 4.03. The highest BCUT2D eigenvalue weighted by Gasteiger charge is 2.45. The first-order valence-electron chi connectivity index (χ1n) is 9.15. The van der Waals surface area contributed by atoms with Gasteiger partial charge in [0.15, 0.2) is 0 Å². The summed E-state index contributed by atoms with van der Waals surface area (Å²) in [7, 11) is 0. The van der Waals surface area contributed by atoms with E-state index in [2.05, 4.69) is 4.98 Å². The van der Waals surface area contributed by atoms with Gasteiger partial charge in [-0.2, -0.15) is 0 Å². The van der Waals surface area contributed by atoms with Crippen LogP contribution in [0.4, 0.5) is 4.39 Å². The molecule has 2 aromatic carbocycles. The quantitative estimate of drug-likeness (QED) is 0.541. The predicted octanol–water partition coefficient (Wildman–Crippen LogP) is 3.52. The van der Waals surface area contributed by atoms with Crippen molar-refractivity contribution in [3.8, 4) is 11.3 Å². The summed E-state index contributed by atoms with van der Waals surface area (Å²) >= 11 is 0. The van der Waals surface area contributed by atoms with Crippen LogP contribution in [0.2, 0.25) is 0 Å². The number of hydrogen-bond donors (Lipinski definition) is 2. The van der Waals surface area contributed by atoms with Crippen molar-refractivity contribution < 1.29 is 14.4 Å². The molecule has 6 heteroatoms. The number of nitrogens with zero attached hydrogens (tertiary/aromatic N) is 2. The lowest BCUT2D eigenvalue weighted by Gasteiger charge is -2.36. The second-order valence-electron chi connectivity index (χ2n) is 7.13. The van der Waals surface area contributed by atoms with Gasteiger partial charge in [0.2, 0.25) is 0 Å². The van der Waals surface area contributed by atoms with Crippen molar-refractivity contribution in [1.82, 2.24) is 15.4 Å². The van der Waals surface area contributed by atoms with E-state index in [1.165, 1.54) is 6.07 Å². The molecule has 0 fully saturated rings. The highest BCUT2D eigenvalue weighted by atomic mass is 19.1. The lowest BCUT2D eigenvalue weighted by atomic mass is 9.67. The van der Waals surface area contributed by atoms with E-state index in [0.717, 1.165) is 17.0 Å². The van der Waals surface area contributed by atoms with Crippen LogP contribution in [0, 0.1) is 12.7 Å². The lowest BCUT2D eigenvalue weighted by molar-refractivity contribution is -0.136. The van der Waals surface area contributed by atoms with E-state index in [-0.39, 0.29) is 12.2 Å². The van der Waals surface area contributed by atoms with Gasteiger partial charge >= 0.3 is 0 Å². The van der Waals surface area contributed by atoms with Crippen LogP contribution in [0.15, 0.2) is 54.7 Å². The van der Waals surface area contributed by atoms with Crippen LogP contribution in [0.5, 0.6) is 0 Å². The summed E-state index contributed by atoms with van der Waals surface area (Å²) in [6.07, 6.45) is 2.86. The highest BCUT2D eigenvalue weighted by molar-refractivity contribution is 5.88. The minimum absolute atomic E-state index is 0.251. The van der Waals surface area contributed by atoms with Crippen LogP contribution in [0.3, 0.4) is 0 Å². The predicted molar refractivity (Wildman–Crippen MR) is 102 cm³/mol. The maximum atomic E-state index is 14.2. The molecule has 1 aliphatic rings. The van der Waals surface area contributed by atoms with E-state index in [4.69, 9.17) is 4.98 Å². The van der Waals surface area contributed by atoms with Gasteiger partial charge in [0.25, 0.3) is 5.91 Å². The fourth-order valence-electron chi connectivity index (χ4n) is 4.03. The Kier molecular flexibility index (Phi) is 4.65. The molecule has 1 unspecified atom stereocenters. The Bertz CT molecular complexity index is 1040. The van der Waals surface area contributed by atoms with E-state index in [0.29, 0.717) is 29.7 Å². The van der Waals surface area contributed by atoms with Gasteiger partial charge in [0, 0.05) is 12.0 Å². The van der Waals surface area contributed by atoms with E-state index in [1.54, 1.807) is 30.7 Å². The summed E-state index contributed by atoms with van der Waals surface area (Å²) in [6.45, 7) is 1.65. The monoisotopic (exact) mass is 377 g/mol. The number of carbonyl (C=O) groups excluding carboxylic acids is 1. The number of hydroxylamine groups is 1. The molecule has 1 heterocycles. The Hall–Kier alpha value is -3.12. The summed E-state index contributed by atoms with van der Waals surface area (Å²) < 4.78 is 14.2. The molecular formula is C22H20FN3O2. The van der Waals surface area contributed by atoms with Crippen LogP contribution >= 0.6 is 0 Å². The third-order valence-corrected chi connectivity index (χ3v) is 5.58. The van der Waals surface area contributed by atoms with Crippen molar-refractivity contribution in [2.45, 2.75) is 31.6 Å². The van der Waals surface area contributed by atoms with Gasteiger partial charge in [-0.25, -0.2) is 14.9 Å². The zero-order valence-corrected chi connectivity index (χ0v) is 15.4. The molecule has 1 aromatic heterocycles. The largest absolute Gasteiger partial charge is 0.289 e.